The molecule has 0 aliphatic carbocycles. The Hall–Kier alpha value is -0.110. The summed E-state index contributed by atoms with van der Waals surface area (Å²) in [5.41, 5.74) is 4.34. The van der Waals surface area contributed by atoms with Crippen LogP contribution in [0.4, 0.5) is 0 Å². The molecule has 0 radical (unpaired) electrons. The molecule has 5 heteroatoms. The molecule has 0 saturated heterocycles. The molecule has 0 saturated carbocycles. The molecule has 0 aromatic rings. The van der Waals surface area contributed by atoms with Gasteiger partial charge in [0.05, 0.1) is 0 Å². The van der Waals surface area contributed by atoms with Crippen LogP contribution in [0.1, 0.15) is 27.7 Å². The number of rotatable bonds is 0. The normalized spacial score (nSPS) is 21.3. The standard InChI is InChI=1S/C10H17N.HIO3/c1-7-6-11(5)10(4)9(3)8(7)2;2-1(3)4/h6,10H,1-5H3;2H. The molecule has 1 rings (SSSR count). The van der Waals surface area contributed by atoms with Crippen LogP contribution in [0.3, 0.4) is 0 Å². The van der Waals surface area contributed by atoms with E-state index in [0.29, 0.717) is 6.04 Å². The topological polar surface area (TPSA) is 69.6 Å². The molecule has 0 spiro atoms. The van der Waals surface area contributed by atoms with Gasteiger partial charge in [-0.15, -0.1) is 0 Å². The molecule has 1 aliphatic heterocycles. The molecule has 1 unspecified atom stereocenters. The lowest BCUT2D eigenvalue weighted by Crippen LogP contribution is -3.98. The van der Waals surface area contributed by atoms with Crippen LogP contribution < -0.4 is 27.9 Å². The zero-order chi connectivity index (χ0) is 12.2. The highest BCUT2D eigenvalue weighted by Crippen LogP contribution is 2.24. The Morgan fingerprint density at radius 1 is 1.33 bits per heavy atom. The lowest BCUT2D eigenvalue weighted by molar-refractivity contribution is -1.63. The van der Waals surface area contributed by atoms with Gasteiger partial charge >= 0.3 is 21.1 Å². The van der Waals surface area contributed by atoms with Crippen LogP contribution in [-0.4, -0.2) is 21.4 Å². The first kappa shape index (κ1) is 14.9. The van der Waals surface area contributed by atoms with Crippen molar-refractivity contribution in [3.63, 3.8) is 0 Å². The van der Waals surface area contributed by atoms with Crippen molar-refractivity contribution in [2.45, 2.75) is 33.7 Å². The van der Waals surface area contributed by atoms with Crippen LogP contribution in [0.25, 0.3) is 0 Å². The van der Waals surface area contributed by atoms with Gasteiger partial charge in [0.2, 0.25) is 0 Å². The quantitative estimate of drug-likeness (QED) is 0.472. The molecule has 0 bridgehead atoms. The summed E-state index contributed by atoms with van der Waals surface area (Å²) < 4.78 is 24.5. The van der Waals surface area contributed by atoms with Gasteiger partial charge in [0.1, 0.15) is 0 Å². The van der Waals surface area contributed by atoms with Gasteiger partial charge in [-0.3, -0.25) is 0 Å². The van der Waals surface area contributed by atoms with E-state index in [2.05, 4.69) is 45.8 Å². The van der Waals surface area contributed by atoms with Crippen molar-refractivity contribution in [2.24, 2.45) is 0 Å². The minimum atomic E-state index is -3.76. The molecule has 1 N–H and O–H groups in total. The number of likely N-dealkylation sites (N-methyl/N-ethyl adjacent to an activating group) is 1. The van der Waals surface area contributed by atoms with Crippen LogP contribution in [0.15, 0.2) is 22.9 Å². The summed E-state index contributed by atoms with van der Waals surface area (Å²) in [5, 5.41) is 0. The first-order chi connectivity index (χ1) is 6.77. The predicted octanol–water partition coefficient (Wildman–Crippen LogP) is -3.37. The maximum Gasteiger partial charge on any atom is 0.503 e. The largest absolute Gasteiger partial charge is 0.503 e. The van der Waals surface area contributed by atoms with Gasteiger partial charge < -0.3 is 11.8 Å². The highest BCUT2D eigenvalue weighted by molar-refractivity contribution is 5.36. The van der Waals surface area contributed by atoms with Gasteiger partial charge in [0, 0.05) is 19.3 Å². The predicted molar refractivity (Wildman–Crippen MR) is 51.6 cm³/mol. The first-order valence-corrected chi connectivity index (χ1v) is 7.32. The van der Waals surface area contributed by atoms with Crippen molar-refractivity contribution in [3.05, 3.63) is 22.9 Å². The second kappa shape index (κ2) is 6.47. The summed E-state index contributed by atoms with van der Waals surface area (Å²) in [6.45, 7) is 8.82. The molecule has 1 heterocycles. The molecule has 15 heavy (non-hydrogen) atoms. The van der Waals surface area contributed by atoms with Crippen molar-refractivity contribution >= 4 is 0 Å². The number of halogens is 1. The number of allylic oxidation sites excluding steroid dienone is 2. The second-order valence-electron chi connectivity index (χ2n) is 3.66. The summed E-state index contributed by atoms with van der Waals surface area (Å²) in [5.74, 6) is 0. The fourth-order valence-electron chi connectivity index (χ4n) is 1.44. The van der Waals surface area contributed by atoms with Gasteiger partial charge in [0.25, 0.3) is 0 Å². The average molecular weight is 327 g/mol. The molecule has 4 nitrogen and oxygen atoms in total. The van der Waals surface area contributed by atoms with Gasteiger partial charge in [0.15, 0.2) is 0 Å². The van der Waals surface area contributed by atoms with Gasteiger partial charge in [-0.25, -0.2) is 0 Å². The van der Waals surface area contributed by atoms with E-state index >= 15 is 0 Å². The summed E-state index contributed by atoms with van der Waals surface area (Å²) >= 11 is -3.76. The Balaban J connectivity index is 0.000000423. The summed E-state index contributed by atoms with van der Waals surface area (Å²) in [4.78, 5) is 2.26. The number of nitrogens with zero attached hydrogens (tertiary/aromatic N) is 1. The molecule has 0 aromatic carbocycles. The first-order valence-electron chi connectivity index (χ1n) is 4.60. The minimum absolute atomic E-state index is 0.568. The molecule has 88 valence electrons. The van der Waals surface area contributed by atoms with Gasteiger partial charge in [-0.2, -0.15) is 0 Å². The summed E-state index contributed by atoms with van der Waals surface area (Å²) in [6.07, 6.45) is 2.22. The van der Waals surface area contributed by atoms with E-state index in [0.717, 1.165) is 0 Å². The lowest BCUT2D eigenvalue weighted by Gasteiger charge is -2.31. The Morgan fingerprint density at radius 3 is 2.13 bits per heavy atom. The van der Waals surface area contributed by atoms with E-state index in [1.54, 1.807) is 0 Å². The molecule has 1 atom stereocenters. The van der Waals surface area contributed by atoms with Crippen LogP contribution in [0.5, 0.6) is 0 Å². The van der Waals surface area contributed by atoms with Crippen LogP contribution in [0.2, 0.25) is 0 Å². The SMILES string of the molecule is CC1=CN(C)C(C)C(C)=C1C.[O-][I+2]([O-])O. The smallest absolute Gasteiger partial charge is 0.396 e. The van der Waals surface area contributed by atoms with E-state index in [1.165, 1.54) is 16.7 Å². The van der Waals surface area contributed by atoms with Crippen molar-refractivity contribution in [2.75, 3.05) is 7.05 Å². The lowest BCUT2D eigenvalue weighted by atomic mass is 9.95. The Morgan fingerprint density at radius 2 is 1.73 bits per heavy atom. The average Bonchev–Trinajstić information content (AvgIpc) is 2.11. The van der Waals surface area contributed by atoms with E-state index in [4.69, 9.17) is 10.3 Å². The van der Waals surface area contributed by atoms with E-state index in [-0.39, 0.29) is 0 Å². The third-order valence-corrected chi connectivity index (χ3v) is 2.82. The fourth-order valence-corrected chi connectivity index (χ4v) is 1.44. The van der Waals surface area contributed by atoms with Crippen LogP contribution in [-0.2, 0) is 0 Å². The second-order valence-corrected chi connectivity index (χ2v) is 4.81. The van der Waals surface area contributed by atoms with Crippen LogP contribution in [0, 0.1) is 0 Å². The van der Waals surface area contributed by atoms with Crippen molar-refractivity contribution < 1.29 is 31.4 Å². The Labute approximate surface area is 100.0 Å². The zero-order valence-corrected chi connectivity index (χ0v) is 11.9. The molecular formula is C10H18INO3. The Kier molecular flexibility index (Phi) is 6.42. The van der Waals surface area contributed by atoms with Gasteiger partial charge in [-0.05, 0) is 47.9 Å². The zero-order valence-electron chi connectivity index (χ0n) is 9.74. The van der Waals surface area contributed by atoms with E-state index < -0.39 is 21.1 Å². The maximum atomic E-state index is 8.68. The van der Waals surface area contributed by atoms with Crippen molar-refractivity contribution in [1.82, 2.24) is 4.90 Å². The highest BCUT2D eigenvalue weighted by atomic mass is 127. The molecule has 0 amide bonds. The monoisotopic (exact) mass is 327 g/mol. The summed E-state index contributed by atoms with van der Waals surface area (Å²) in [6, 6.07) is 0.568. The number of hydrogen-bond acceptors (Lipinski definition) is 4. The molecule has 0 fully saturated rings. The molecule has 0 aromatic heterocycles. The van der Waals surface area contributed by atoms with E-state index in [1.807, 2.05) is 0 Å². The number of hydrogen-bond donors (Lipinski definition) is 1. The molecular weight excluding hydrogens is 309 g/mol. The van der Waals surface area contributed by atoms with E-state index in [9.17, 15) is 0 Å². The van der Waals surface area contributed by atoms with Crippen LogP contribution >= 0.6 is 0 Å². The maximum absolute atomic E-state index is 8.68. The minimum Gasteiger partial charge on any atom is -0.396 e. The highest BCUT2D eigenvalue weighted by Gasteiger charge is 2.15. The summed E-state index contributed by atoms with van der Waals surface area (Å²) in [7, 11) is 2.13. The van der Waals surface area contributed by atoms with Crippen molar-refractivity contribution in [1.29, 1.82) is 0 Å². The van der Waals surface area contributed by atoms with Gasteiger partial charge in [-0.1, -0.05) is 0 Å². The molecule has 1 aliphatic rings. The third kappa shape index (κ3) is 4.96. The third-order valence-electron chi connectivity index (χ3n) is 2.82. The van der Waals surface area contributed by atoms with Crippen molar-refractivity contribution in [3.8, 4) is 0 Å². The fraction of sp³-hybridized carbons (Fsp3) is 0.600. The Bertz CT molecular complexity index is 271.